The maximum absolute atomic E-state index is 11.8. The average Bonchev–Trinajstić information content (AvgIpc) is 3.02. The van der Waals surface area contributed by atoms with Crippen molar-refractivity contribution in [3.8, 4) is 0 Å². The van der Waals surface area contributed by atoms with E-state index < -0.39 is 6.04 Å². The van der Waals surface area contributed by atoms with Crippen LogP contribution in [0.25, 0.3) is 5.65 Å². The number of hydrogen-bond acceptors (Lipinski definition) is 4. The van der Waals surface area contributed by atoms with Crippen LogP contribution in [-0.4, -0.2) is 39.1 Å². The monoisotopic (exact) mass is 260 g/mol. The van der Waals surface area contributed by atoms with Gasteiger partial charge in [0.2, 0.25) is 5.91 Å². The van der Waals surface area contributed by atoms with Gasteiger partial charge in [-0.1, -0.05) is 6.07 Å². The molecule has 1 fully saturated rings. The Labute approximate surface area is 108 Å². The summed E-state index contributed by atoms with van der Waals surface area (Å²) in [6.45, 7) is 0.557. The molecule has 1 aliphatic heterocycles. The Kier molecular flexibility index (Phi) is 2.75. The van der Waals surface area contributed by atoms with Gasteiger partial charge in [0.25, 0.3) is 0 Å². The van der Waals surface area contributed by atoms with Crippen LogP contribution in [0.15, 0.2) is 24.4 Å². The number of aromatic nitrogens is 3. The fourth-order valence-corrected chi connectivity index (χ4v) is 1.91. The topological polar surface area (TPSA) is 100 Å². The largest absolute Gasteiger partial charge is 0.347 e. The van der Waals surface area contributed by atoms with Gasteiger partial charge in [0.15, 0.2) is 11.5 Å². The number of pyridine rings is 1. The van der Waals surface area contributed by atoms with Gasteiger partial charge in [-0.25, -0.2) is 4.79 Å². The summed E-state index contributed by atoms with van der Waals surface area (Å²) in [6, 6.07) is 4.70. The molecule has 3 amide bonds. The van der Waals surface area contributed by atoms with Crippen LogP contribution in [0.1, 0.15) is 5.82 Å². The highest BCUT2D eigenvalue weighted by Crippen LogP contribution is 2.02. The highest BCUT2D eigenvalue weighted by molar-refractivity contribution is 5.90. The van der Waals surface area contributed by atoms with Gasteiger partial charge in [0, 0.05) is 12.7 Å². The minimum atomic E-state index is -0.535. The first-order chi connectivity index (χ1) is 9.24. The molecule has 0 saturated carbocycles. The minimum Gasteiger partial charge on any atom is -0.347 e. The van der Waals surface area contributed by atoms with Crippen molar-refractivity contribution in [2.45, 2.75) is 12.6 Å². The van der Waals surface area contributed by atoms with E-state index in [9.17, 15) is 9.59 Å². The maximum atomic E-state index is 11.8. The summed E-state index contributed by atoms with van der Waals surface area (Å²) in [4.78, 5) is 22.7. The zero-order valence-corrected chi connectivity index (χ0v) is 9.96. The Morgan fingerprint density at radius 1 is 1.47 bits per heavy atom. The molecule has 0 radical (unpaired) electrons. The lowest BCUT2D eigenvalue weighted by Crippen LogP contribution is -2.42. The van der Waals surface area contributed by atoms with Gasteiger partial charge in [-0.15, -0.1) is 10.2 Å². The molecule has 0 bridgehead atoms. The smallest absolute Gasteiger partial charge is 0.315 e. The second kappa shape index (κ2) is 4.56. The quantitative estimate of drug-likeness (QED) is 0.660. The van der Waals surface area contributed by atoms with Crippen molar-refractivity contribution in [3.63, 3.8) is 0 Å². The lowest BCUT2D eigenvalue weighted by atomic mass is 10.3. The number of nitrogens with zero attached hydrogens (tertiary/aromatic N) is 3. The number of amides is 3. The third-order valence-electron chi connectivity index (χ3n) is 2.89. The van der Waals surface area contributed by atoms with Crippen molar-refractivity contribution in [1.82, 2.24) is 30.5 Å². The number of hydrogen-bond donors (Lipinski definition) is 3. The first-order valence-electron chi connectivity index (χ1n) is 5.85. The number of carbonyl (C=O) groups is 2. The van der Waals surface area contributed by atoms with E-state index in [-0.39, 0.29) is 18.5 Å². The highest BCUT2D eigenvalue weighted by atomic mass is 16.2. The molecule has 1 saturated heterocycles. The van der Waals surface area contributed by atoms with Gasteiger partial charge in [-0.2, -0.15) is 0 Å². The van der Waals surface area contributed by atoms with Gasteiger partial charge in [0.1, 0.15) is 6.04 Å². The molecule has 0 aliphatic carbocycles. The molecule has 1 aliphatic rings. The lowest BCUT2D eigenvalue weighted by molar-refractivity contribution is -0.122. The third kappa shape index (κ3) is 2.19. The standard InChI is InChI=1S/C11H12N6O2/c18-10(7-5-13-11(19)14-7)12-6-9-16-15-8-3-1-2-4-17(8)9/h1-4,7H,5-6H2,(H,12,18)(H2,13,14,19)/t7-/m1/s1. The first-order valence-corrected chi connectivity index (χ1v) is 5.85. The Hall–Kier alpha value is -2.64. The first kappa shape index (κ1) is 11.5. The second-order valence-electron chi connectivity index (χ2n) is 4.17. The van der Waals surface area contributed by atoms with Crippen molar-refractivity contribution in [2.24, 2.45) is 0 Å². The van der Waals surface area contributed by atoms with E-state index in [1.165, 1.54) is 0 Å². The summed E-state index contributed by atoms with van der Waals surface area (Å²) in [6.07, 6.45) is 1.83. The fraction of sp³-hybridized carbons (Fsp3) is 0.273. The normalized spacial score (nSPS) is 18.1. The molecule has 0 aromatic carbocycles. The highest BCUT2D eigenvalue weighted by Gasteiger charge is 2.26. The summed E-state index contributed by atoms with van der Waals surface area (Å²) in [5.74, 6) is 0.396. The van der Waals surface area contributed by atoms with E-state index in [2.05, 4.69) is 26.1 Å². The predicted octanol–water partition coefficient (Wildman–Crippen LogP) is -0.973. The molecule has 98 valence electrons. The molecule has 3 N–H and O–H groups in total. The van der Waals surface area contributed by atoms with Gasteiger partial charge in [0.05, 0.1) is 6.54 Å². The number of nitrogens with one attached hydrogen (secondary N) is 3. The van der Waals surface area contributed by atoms with Gasteiger partial charge < -0.3 is 16.0 Å². The van der Waals surface area contributed by atoms with Crippen molar-refractivity contribution < 1.29 is 9.59 Å². The molecule has 2 aromatic heterocycles. The molecule has 8 heteroatoms. The molecule has 2 aromatic rings. The van der Waals surface area contributed by atoms with Crippen LogP contribution in [0, 0.1) is 0 Å². The summed E-state index contributed by atoms with van der Waals surface area (Å²) in [5, 5.41) is 15.8. The maximum Gasteiger partial charge on any atom is 0.315 e. The fourth-order valence-electron chi connectivity index (χ4n) is 1.91. The van der Waals surface area contributed by atoms with E-state index >= 15 is 0 Å². The van der Waals surface area contributed by atoms with Crippen LogP contribution in [-0.2, 0) is 11.3 Å². The Morgan fingerprint density at radius 2 is 2.37 bits per heavy atom. The zero-order valence-electron chi connectivity index (χ0n) is 9.96. The number of urea groups is 1. The number of fused-ring (bicyclic) bond motifs is 1. The van der Waals surface area contributed by atoms with E-state index in [0.717, 1.165) is 5.65 Å². The molecule has 8 nitrogen and oxygen atoms in total. The van der Waals surface area contributed by atoms with Crippen molar-refractivity contribution in [2.75, 3.05) is 6.54 Å². The molecule has 3 rings (SSSR count). The van der Waals surface area contributed by atoms with Gasteiger partial charge >= 0.3 is 6.03 Å². The lowest BCUT2D eigenvalue weighted by Gasteiger charge is -2.08. The molecule has 3 heterocycles. The van der Waals surface area contributed by atoms with Crippen molar-refractivity contribution >= 4 is 17.6 Å². The minimum absolute atomic E-state index is 0.244. The molecule has 1 atom stereocenters. The van der Waals surface area contributed by atoms with E-state index in [0.29, 0.717) is 12.4 Å². The third-order valence-corrected chi connectivity index (χ3v) is 2.89. The Morgan fingerprint density at radius 3 is 3.16 bits per heavy atom. The predicted molar refractivity (Wildman–Crippen MR) is 65.2 cm³/mol. The second-order valence-corrected chi connectivity index (χ2v) is 4.17. The van der Waals surface area contributed by atoms with Crippen LogP contribution in [0.3, 0.4) is 0 Å². The molecule has 0 unspecified atom stereocenters. The average molecular weight is 260 g/mol. The van der Waals surface area contributed by atoms with Crippen LogP contribution in [0.5, 0.6) is 0 Å². The Balaban J connectivity index is 1.66. The van der Waals surface area contributed by atoms with Crippen molar-refractivity contribution in [1.29, 1.82) is 0 Å². The van der Waals surface area contributed by atoms with Crippen molar-refractivity contribution in [3.05, 3.63) is 30.2 Å². The van der Waals surface area contributed by atoms with Gasteiger partial charge in [-0.05, 0) is 12.1 Å². The molecule has 19 heavy (non-hydrogen) atoms. The SMILES string of the molecule is O=C1NC[C@H](C(=O)NCc2nnc3ccccn23)N1. The molecular formula is C11H12N6O2. The Bertz CT molecular complexity index is 637. The van der Waals surface area contributed by atoms with E-state index in [1.807, 2.05) is 24.4 Å². The zero-order chi connectivity index (χ0) is 13.2. The van der Waals surface area contributed by atoms with Crippen LogP contribution in [0.4, 0.5) is 4.79 Å². The summed E-state index contributed by atoms with van der Waals surface area (Å²) in [7, 11) is 0. The van der Waals surface area contributed by atoms with Gasteiger partial charge in [-0.3, -0.25) is 9.20 Å². The molecular weight excluding hydrogens is 248 g/mol. The summed E-state index contributed by atoms with van der Waals surface area (Å²) < 4.78 is 1.80. The number of rotatable bonds is 3. The van der Waals surface area contributed by atoms with Crippen LogP contribution < -0.4 is 16.0 Å². The van der Waals surface area contributed by atoms with E-state index in [4.69, 9.17) is 0 Å². The molecule has 0 spiro atoms. The van der Waals surface area contributed by atoms with Crippen LogP contribution in [0.2, 0.25) is 0 Å². The number of carbonyl (C=O) groups excluding carboxylic acids is 2. The van der Waals surface area contributed by atoms with Crippen LogP contribution >= 0.6 is 0 Å². The summed E-state index contributed by atoms with van der Waals surface area (Å²) >= 11 is 0. The van der Waals surface area contributed by atoms with E-state index in [1.54, 1.807) is 4.40 Å². The summed E-state index contributed by atoms with van der Waals surface area (Å²) in [5.41, 5.74) is 0.725.